The minimum Gasteiger partial charge on any atom is -0.496 e. The molecule has 7 heteroatoms. The van der Waals surface area contributed by atoms with Crippen LogP contribution in [0.4, 0.5) is 5.69 Å². The lowest BCUT2D eigenvalue weighted by molar-refractivity contribution is -0.111. The summed E-state index contributed by atoms with van der Waals surface area (Å²) in [5, 5.41) is 4.43. The van der Waals surface area contributed by atoms with Gasteiger partial charge in [0.15, 0.2) is 11.5 Å². The largest absolute Gasteiger partial charge is 0.496 e. The highest BCUT2D eigenvalue weighted by molar-refractivity contribution is 6.30. The molecule has 1 heterocycles. The number of fused-ring (bicyclic) bond motifs is 1. The summed E-state index contributed by atoms with van der Waals surface area (Å²) >= 11 is 6.04. The van der Waals surface area contributed by atoms with Gasteiger partial charge in [0.05, 0.1) is 27.6 Å². The van der Waals surface area contributed by atoms with Crippen LogP contribution in [0, 0.1) is 0 Å². The van der Waals surface area contributed by atoms with Crippen LogP contribution in [0.25, 0.3) is 27.7 Å². The van der Waals surface area contributed by atoms with Gasteiger partial charge < -0.3 is 23.9 Å². The highest BCUT2D eigenvalue weighted by Crippen LogP contribution is 2.37. The zero-order valence-electron chi connectivity index (χ0n) is 19.3. The first kappa shape index (κ1) is 23.3. The number of carbonyl (C=O) groups excluding carboxylic acids is 1. The summed E-state index contributed by atoms with van der Waals surface area (Å²) in [7, 11) is 4.69. The van der Waals surface area contributed by atoms with Crippen LogP contribution in [0.5, 0.6) is 17.2 Å². The molecule has 0 atom stereocenters. The number of anilines is 1. The number of nitrogens with one attached hydrogen (secondary N) is 1. The van der Waals surface area contributed by atoms with Crippen molar-refractivity contribution in [1.82, 2.24) is 0 Å². The number of methoxy groups -OCH3 is 3. The second kappa shape index (κ2) is 9.93. The Morgan fingerprint density at radius 3 is 2.29 bits per heavy atom. The maximum absolute atomic E-state index is 12.8. The molecule has 0 spiro atoms. The van der Waals surface area contributed by atoms with Gasteiger partial charge in [-0.05, 0) is 48.4 Å². The van der Waals surface area contributed by atoms with Crippen molar-refractivity contribution in [2.45, 2.75) is 6.92 Å². The third-order valence-corrected chi connectivity index (χ3v) is 5.73. The maximum atomic E-state index is 12.8. The lowest BCUT2D eigenvalue weighted by atomic mass is 9.99. The number of furan rings is 1. The highest BCUT2D eigenvalue weighted by Gasteiger charge is 2.15. The fourth-order valence-corrected chi connectivity index (χ4v) is 3.88. The molecule has 0 aliphatic heterocycles. The fourth-order valence-electron chi connectivity index (χ4n) is 3.75. The van der Waals surface area contributed by atoms with Crippen molar-refractivity contribution < 1.29 is 23.4 Å². The molecule has 174 valence electrons. The number of hydrogen-bond donors (Lipinski definition) is 1. The van der Waals surface area contributed by atoms with E-state index in [4.69, 9.17) is 30.2 Å². The average molecular weight is 478 g/mol. The Labute approximate surface area is 202 Å². The smallest absolute Gasteiger partial charge is 0.248 e. The van der Waals surface area contributed by atoms with Crippen molar-refractivity contribution in [2.75, 3.05) is 26.6 Å². The van der Waals surface area contributed by atoms with E-state index in [-0.39, 0.29) is 5.91 Å². The van der Waals surface area contributed by atoms with Crippen molar-refractivity contribution >= 4 is 39.7 Å². The van der Waals surface area contributed by atoms with Crippen LogP contribution in [-0.4, -0.2) is 27.2 Å². The summed E-state index contributed by atoms with van der Waals surface area (Å²) < 4.78 is 21.9. The van der Waals surface area contributed by atoms with Crippen LogP contribution in [0.15, 0.2) is 71.4 Å². The molecular formula is C27H24ClNO5. The predicted molar refractivity (Wildman–Crippen MR) is 135 cm³/mol. The summed E-state index contributed by atoms with van der Waals surface area (Å²) in [6.45, 7) is 1.86. The van der Waals surface area contributed by atoms with Gasteiger partial charge in [0.2, 0.25) is 5.91 Å². The number of carbonyl (C=O) groups is 1. The third kappa shape index (κ3) is 4.72. The molecule has 3 aromatic carbocycles. The molecule has 4 aromatic rings. The molecular weight excluding hydrogens is 454 g/mol. The number of ether oxygens (including phenoxy) is 3. The SMILES string of the molecule is COc1ccc(NC(=O)/C=C(\C)c2cc3c(-c4ccc(Cl)cc4)coc3cc2OC)cc1OC. The van der Waals surface area contributed by atoms with Gasteiger partial charge in [-0.1, -0.05) is 23.7 Å². The van der Waals surface area contributed by atoms with Gasteiger partial charge in [0, 0.05) is 45.4 Å². The second-order valence-electron chi connectivity index (χ2n) is 7.59. The van der Waals surface area contributed by atoms with E-state index < -0.39 is 0 Å². The molecule has 1 N–H and O–H groups in total. The van der Waals surface area contributed by atoms with E-state index in [0.29, 0.717) is 33.5 Å². The number of benzene rings is 3. The molecule has 0 radical (unpaired) electrons. The molecule has 0 aliphatic carbocycles. The van der Waals surface area contributed by atoms with Crippen LogP contribution in [-0.2, 0) is 4.79 Å². The van der Waals surface area contributed by atoms with Crippen molar-refractivity contribution in [2.24, 2.45) is 0 Å². The van der Waals surface area contributed by atoms with Crippen LogP contribution in [0.2, 0.25) is 5.02 Å². The molecule has 0 fully saturated rings. The molecule has 0 bridgehead atoms. The Kier molecular flexibility index (Phi) is 6.80. The molecule has 6 nitrogen and oxygen atoms in total. The number of halogens is 1. The molecule has 0 unspecified atom stereocenters. The van der Waals surface area contributed by atoms with Crippen LogP contribution in [0.1, 0.15) is 12.5 Å². The average Bonchev–Trinajstić information content (AvgIpc) is 3.26. The minimum atomic E-state index is -0.281. The maximum Gasteiger partial charge on any atom is 0.248 e. The number of hydrogen-bond acceptors (Lipinski definition) is 5. The van der Waals surface area contributed by atoms with Crippen LogP contribution in [0.3, 0.4) is 0 Å². The summed E-state index contributed by atoms with van der Waals surface area (Å²) in [4.78, 5) is 12.8. The van der Waals surface area contributed by atoms with Gasteiger partial charge in [-0.2, -0.15) is 0 Å². The van der Waals surface area contributed by atoms with E-state index in [1.54, 1.807) is 45.8 Å². The number of allylic oxidation sites excluding steroid dienone is 1. The Hall–Kier alpha value is -3.90. The predicted octanol–water partition coefficient (Wildman–Crippen LogP) is 6.82. The summed E-state index contributed by atoms with van der Waals surface area (Å²) in [6, 6.07) is 16.5. The van der Waals surface area contributed by atoms with Gasteiger partial charge in [-0.25, -0.2) is 0 Å². The Morgan fingerprint density at radius 2 is 1.62 bits per heavy atom. The summed E-state index contributed by atoms with van der Waals surface area (Å²) in [5.41, 5.74) is 4.71. The lowest BCUT2D eigenvalue weighted by Gasteiger charge is -2.11. The monoisotopic (exact) mass is 477 g/mol. The van der Waals surface area contributed by atoms with Gasteiger partial charge in [0.1, 0.15) is 11.3 Å². The molecule has 0 saturated heterocycles. The zero-order valence-corrected chi connectivity index (χ0v) is 20.0. The van der Waals surface area contributed by atoms with Crippen LogP contribution < -0.4 is 19.5 Å². The summed E-state index contributed by atoms with van der Waals surface area (Å²) in [6.07, 6.45) is 3.24. The first-order chi connectivity index (χ1) is 16.4. The molecule has 1 amide bonds. The molecule has 34 heavy (non-hydrogen) atoms. The van der Waals surface area contributed by atoms with Gasteiger partial charge in [0.25, 0.3) is 0 Å². The van der Waals surface area contributed by atoms with Gasteiger partial charge in [-0.15, -0.1) is 0 Å². The van der Waals surface area contributed by atoms with E-state index in [2.05, 4.69) is 5.32 Å². The highest BCUT2D eigenvalue weighted by atomic mass is 35.5. The summed E-state index contributed by atoms with van der Waals surface area (Å²) in [5.74, 6) is 1.44. The van der Waals surface area contributed by atoms with Gasteiger partial charge in [-0.3, -0.25) is 4.79 Å². The lowest BCUT2D eigenvalue weighted by Crippen LogP contribution is -2.09. The fraction of sp³-hybridized carbons (Fsp3) is 0.148. The Balaban J connectivity index is 1.66. The first-order valence-corrected chi connectivity index (χ1v) is 10.9. The van der Waals surface area contributed by atoms with Crippen molar-refractivity contribution in [3.8, 4) is 28.4 Å². The van der Waals surface area contributed by atoms with Crippen LogP contribution >= 0.6 is 11.6 Å². The Morgan fingerprint density at radius 1 is 0.912 bits per heavy atom. The molecule has 4 rings (SSSR count). The molecule has 0 aliphatic rings. The Bertz CT molecular complexity index is 1370. The standard InChI is InChI=1S/C27H24ClNO5/c1-16(11-27(30)29-19-9-10-23(31-2)26(12-19)33-4)20-13-21-22(17-5-7-18(28)8-6-17)15-34-25(21)14-24(20)32-3/h5-15H,1-4H3,(H,29,30)/b16-11+. The van der Waals surface area contributed by atoms with Gasteiger partial charge >= 0.3 is 0 Å². The quantitative estimate of drug-likeness (QED) is 0.296. The normalized spacial score (nSPS) is 11.4. The molecule has 1 aromatic heterocycles. The van der Waals surface area contributed by atoms with Crippen molar-refractivity contribution in [1.29, 1.82) is 0 Å². The topological polar surface area (TPSA) is 69.9 Å². The number of amides is 1. The van der Waals surface area contributed by atoms with E-state index in [9.17, 15) is 4.79 Å². The minimum absolute atomic E-state index is 0.281. The van der Waals surface area contributed by atoms with E-state index in [0.717, 1.165) is 27.6 Å². The number of rotatable bonds is 7. The first-order valence-electron chi connectivity index (χ1n) is 10.5. The van der Waals surface area contributed by atoms with Crippen molar-refractivity contribution in [3.63, 3.8) is 0 Å². The van der Waals surface area contributed by atoms with E-state index >= 15 is 0 Å². The third-order valence-electron chi connectivity index (χ3n) is 5.47. The second-order valence-corrected chi connectivity index (χ2v) is 8.03. The van der Waals surface area contributed by atoms with E-state index in [1.165, 1.54) is 6.08 Å². The van der Waals surface area contributed by atoms with Crippen molar-refractivity contribution in [3.05, 3.63) is 77.5 Å². The van der Waals surface area contributed by atoms with E-state index in [1.807, 2.05) is 43.3 Å². The molecule has 0 saturated carbocycles. The zero-order chi connectivity index (χ0) is 24.2.